The molecule has 0 saturated heterocycles. The van der Waals surface area contributed by atoms with Crippen molar-refractivity contribution in [3.63, 3.8) is 0 Å². The Kier molecular flexibility index (Phi) is 9.36. The molecule has 0 heterocycles. The van der Waals surface area contributed by atoms with Crippen molar-refractivity contribution in [2.75, 3.05) is 0 Å². The first kappa shape index (κ1) is 13.0. The normalized spacial score (nSPS) is 10.8. The molecule has 0 aromatic heterocycles. The second-order valence-electron chi connectivity index (χ2n) is 3.25. The maximum atomic E-state index is 3.32. The molecule has 0 N–H and O–H groups in total. The number of unbranched alkanes of at least 4 members (excludes halogenated alkanes) is 1. The molecule has 14 heavy (non-hydrogen) atoms. The van der Waals surface area contributed by atoms with E-state index in [1.807, 2.05) is 0 Å². The fourth-order valence-electron chi connectivity index (χ4n) is 1.05. The smallest absolute Gasteiger partial charge is 0.00241 e. The third-order valence-electron chi connectivity index (χ3n) is 1.84. The van der Waals surface area contributed by atoms with Gasteiger partial charge in [0.05, 0.1) is 0 Å². The third kappa shape index (κ3) is 7.64. The molecule has 0 spiro atoms. The molecule has 0 rings (SSSR count). The molecular weight excluding hydrogens is 168 g/mol. The van der Waals surface area contributed by atoms with Gasteiger partial charge in [0.15, 0.2) is 0 Å². The summed E-state index contributed by atoms with van der Waals surface area (Å²) in [5.74, 6) is 0. The first-order valence-electron chi connectivity index (χ1n) is 5.56. The van der Waals surface area contributed by atoms with E-state index < -0.39 is 0 Å². The Labute approximate surface area is 88.7 Å². The van der Waals surface area contributed by atoms with Crippen molar-refractivity contribution in [3.05, 3.63) is 41.7 Å². The average Bonchev–Trinajstić information content (AvgIpc) is 2.21. The van der Waals surface area contributed by atoms with Crippen molar-refractivity contribution in [1.29, 1.82) is 0 Å². The fraction of sp³-hybridized carbons (Fsp3) is 0.500. The highest BCUT2D eigenvalue weighted by Gasteiger charge is 1.85. The van der Waals surface area contributed by atoms with Crippen molar-refractivity contribution in [2.45, 2.75) is 46.5 Å². The Morgan fingerprint density at radius 3 is 2.57 bits per heavy atom. The zero-order valence-electron chi connectivity index (χ0n) is 9.72. The van der Waals surface area contributed by atoms with E-state index in [2.05, 4.69) is 56.9 Å². The first-order chi connectivity index (χ1) is 6.85. The minimum atomic E-state index is 0.993. The maximum Gasteiger partial charge on any atom is -0.00241 e. The molecular formula is C14H22. The lowest BCUT2D eigenvalue weighted by Crippen LogP contribution is -1.73. The van der Waals surface area contributed by atoms with Crippen LogP contribution in [0.2, 0.25) is 0 Å². The summed E-state index contributed by atoms with van der Waals surface area (Å²) in [5, 5.41) is 0. The standard InChI is InChI=1S/C14H22/c1-4-7-10-13-14(11-8-5-2)12-9-6-3/h5,8-10,13H,4,6-7,11H2,1-3H3. The lowest BCUT2D eigenvalue weighted by Gasteiger charge is -1.92. The van der Waals surface area contributed by atoms with Gasteiger partial charge in [0.25, 0.3) is 0 Å². The van der Waals surface area contributed by atoms with Crippen molar-refractivity contribution in [1.82, 2.24) is 0 Å². The Bertz CT molecular complexity index is 235. The predicted molar refractivity (Wildman–Crippen MR) is 65.4 cm³/mol. The zero-order chi connectivity index (χ0) is 10.6. The molecule has 0 heteroatoms. The number of allylic oxidation sites excluding steroid dienone is 5. The molecule has 0 aromatic carbocycles. The molecule has 0 aliphatic rings. The van der Waals surface area contributed by atoms with E-state index in [1.54, 1.807) is 0 Å². The molecule has 0 fully saturated rings. The van der Waals surface area contributed by atoms with Crippen LogP contribution in [-0.4, -0.2) is 0 Å². The highest BCUT2D eigenvalue weighted by molar-refractivity contribution is 5.20. The highest BCUT2D eigenvalue weighted by Crippen LogP contribution is 2.04. The van der Waals surface area contributed by atoms with Crippen molar-refractivity contribution in [3.8, 4) is 0 Å². The van der Waals surface area contributed by atoms with Gasteiger partial charge in [0.2, 0.25) is 0 Å². The fourth-order valence-corrected chi connectivity index (χ4v) is 1.05. The van der Waals surface area contributed by atoms with Crippen LogP contribution in [0.25, 0.3) is 0 Å². The average molecular weight is 190 g/mol. The third-order valence-corrected chi connectivity index (χ3v) is 1.84. The highest BCUT2D eigenvalue weighted by atomic mass is 13.9. The topological polar surface area (TPSA) is 0 Å². The molecule has 0 amide bonds. The van der Waals surface area contributed by atoms with Crippen LogP contribution in [0, 0.1) is 0 Å². The summed E-state index contributed by atoms with van der Waals surface area (Å²) in [6.07, 6.45) is 15.2. The van der Waals surface area contributed by atoms with Gasteiger partial charge in [-0.2, -0.15) is 0 Å². The van der Waals surface area contributed by atoms with E-state index in [-0.39, 0.29) is 0 Å². The van der Waals surface area contributed by atoms with E-state index in [1.165, 1.54) is 12.0 Å². The molecule has 0 radical (unpaired) electrons. The van der Waals surface area contributed by atoms with Crippen LogP contribution in [0.5, 0.6) is 0 Å². The maximum absolute atomic E-state index is 3.32. The first-order valence-corrected chi connectivity index (χ1v) is 5.56. The van der Waals surface area contributed by atoms with Crippen LogP contribution in [0.1, 0.15) is 46.5 Å². The largest absolute Gasteiger partial charge is 0.121 e. The monoisotopic (exact) mass is 190 g/mol. The molecule has 0 aliphatic heterocycles. The summed E-state index contributed by atoms with van der Waals surface area (Å²) in [6.45, 7) is 6.38. The Morgan fingerprint density at radius 1 is 1.21 bits per heavy atom. The minimum Gasteiger partial charge on any atom is -0.121 e. The molecule has 0 aliphatic carbocycles. The number of hydrogen-bond donors (Lipinski definition) is 0. The molecule has 0 nitrogen and oxygen atoms in total. The molecule has 0 bridgehead atoms. The van der Waals surface area contributed by atoms with Gasteiger partial charge in [-0.05, 0) is 37.8 Å². The van der Waals surface area contributed by atoms with Crippen LogP contribution >= 0.6 is 0 Å². The van der Waals surface area contributed by atoms with Gasteiger partial charge in [-0.25, -0.2) is 0 Å². The summed E-state index contributed by atoms with van der Waals surface area (Å²) in [6, 6.07) is 0. The molecule has 0 atom stereocenters. The van der Waals surface area contributed by atoms with Gasteiger partial charge in [-0.3, -0.25) is 0 Å². The molecule has 0 saturated carbocycles. The number of hydrogen-bond acceptors (Lipinski definition) is 0. The Balaban J connectivity index is 4.32. The summed E-state index contributed by atoms with van der Waals surface area (Å²) in [4.78, 5) is 0. The second-order valence-corrected chi connectivity index (χ2v) is 3.25. The van der Waals surface area contributed by atoms with Crippen LogP contribution < -0.4 is 0 Å². The van der Waals surface area contributed by atoms with Crippen LogP contribution in [0.15, 0.2) is 41.7 Å². The van der Waals surface area contributed by atoms with E-state index in [9.17, 15) is 0 Å². The number of rotatable bonds is 6. The van der Waals surface area contributed by atoms with Crippen molar-refractivity contribution in [2.24, 2.45) is 0 Å². The van der Waals surface area contributed by atoms with Crippen LogP contribution in [0.4, 0.5) is 0 Å². The molecule has 78 valence electrons. The predicted octanol–water partition coefficient (Wildman–Crippen LogP) is 4.80. The zero-order valence-corrected chi connectivity index (χ0v) is 9.72. The van der Waals surface area contributed by atoms with Gasteiger partial charge in [0.1, 0.15) is 0 Å². The van der Waals surface area contributed by atoms with Crippen LogP contribution in [-0.2, 0) is 0 Å². The Hall–Kier alpha value is -1.00. The minimum absolute atomic E-state index is 0.993. The molecule has 0 unspecified atom stereocenters. The summed E-state index contributed by atoms with van der Waals surface area (Å²) >= 11 is 0. The van der Waals surface area contributed by atoms with Gasteiger partial charge in [0, 0.05) is 0 Å². The second kappa shape index (κ2) is 10.1. The SMILES string of the molecule is CC=CCC(=C=CCC)C=CCCC. The van der Waals surface area contributed by atoms with Gasteiger partial charge in [-0.1, -0.05) is 44.6 Å². The van der Waals surface area contributed by atoms with E-state index in [0.717, 1.165) is 19.3 Å². The summed E-state index contributed by atoms with van der Waals surface area (Å²) < 4.78 is 0. The van der Waals surface area contributed by atoms with Gasteiger partial charge >= 0.3 is 0 Å². The van der Waals surface area contributed by atoms with E-state index >= 15 is 0 Å². The molecule has 0 aromatic rings. The van der Waals surface area contributed by atoms with Crippen LogP contribution in [0.3, 0.4) is 0 Å². The van der Waals surface area contributed by atoms with Gasteiger partial charge in [-0.15, -0.1) is 5.73 Å². The lowest BCUT2D eigenvalue weighted by atomic mass is 10.1. The van der Waals surface area contributed by atoms with Gasteiger partial charge < -0.3 is 0 Å². The lowest BCUT2D eigenvalue weighted by molar-refractivity contribution is 0.957. The summed E-state index contributed by atoms with van der Waals surface area (Å²) in [5.41, 5.74) is 4.59. The summed E-state index contributed by atoms with van der Waals surface area (Å²) in [7, 11) is 0. The van der Waals surface area contributed by atoms with E-state index in [0.29, 0.717) is 0 Å². The quantitative estimate of drug-likeness (QED) is 0.320. The van der Waals surface area contributed by atoms with Crippen molar-refractivity contribution < 1.29 is 0 Å². The van der Waals surface area contributed by atoms with E-state index in [4.69, 9.17) is 0 Å². The Morgan fingerprint density at radius 2 is 2.00 bits per heavy atom. The van der Waals surface area contributed by atoms with Crippen molar-refractivity contribution >= 4 is 0 Å².